The smallest absolute Gasteiger partial charge is 0.317 e. The molecule has 0 heterocycles. The van der Waals surface area contributed by atoms with Gasteiger partial charge in [-0.25, -0.2) is 4.79 Å². The Morgan fingerprint density at radius 1 is 1.44 bits per heavy atom. The van der Waals surface area contributed by atoms with Crippen LogP contribution in [-0.2, 0) is 0 Å². The largest absolute Gasteiger partial charge is 0.338 e. The second-order valence-electron chi connectivity index (χ2n) is 5.17. The molecule has 1 aliphatic carbocycles. The molecule has 16 heavy (non-hydrogen) atoms. The Bertz CT molecular complexity index is 218. The van der Waals surface area contributed by atoms with Gasteiger partial charge in [0.1, 0.15) is 0 Å². The SMILES string of the molecule is CCN(C)C(=O)NCCC1CCCC(C)C1. The molecule has 0 radical (unpaired) electrons. The van der Waals surface area contributed by atoms with Crippen LogP contribution in [0.1, 0.15) is 46.0 Å². The van der Waals surface area contributed by atoms with Gasteiger partial charge in [-0.05, 0) is 31.6 Å². The minimum Gasteiger partial charge on any atom is -0.338 e. The topological polar surface area (TPSA) is 32.3 Å². The third-order valence-corrected chi connectivity index (χ3v) is 3.69. The first kappa shape index (κ1) is 13.3. The van der Waals surface area contributed by atoms with Crippen molar-refractivity contribution >= 4 is 6.03 Å². The van der Waals surface area contributed by atoms with Gasteiger partial charge in [-0.1, -0.05) is 26.2 Å². The molecule has 3 nitrogen and oxygen atoms in total. The van der Waals surface area contributed by atoms with E-state index in [1.807, 2.05) is 14.0 Å². The average molecular weight is 226 g/mol. The molecule has 1 saturated carbocycles. The molecule has 1 N–H and O–H groups in total. The lowest BCUT2D eigenvalue weighted by atomic mass is 9.81. The molecule has 0 bridgehead atoms. The summed E-state index contributed by atoms with van der Waals surface area (Å²) >= 11 is 0. The minimum absolute atomic E-state index is 0.0614. The molecule has 2 amide bonds. The first-order chi connectivity index (χ1) is 7.63. The Morgan fingerprint density at radius 3 is 2.81 bits per heavy atom. The molecule has 0 saturated heterocycles. The number of nitrogens with one attached hydrogen (secondary N) is 1. The molecule has 2 atom stereocenters. The van der Waals surface area contributed by atoms with Gasteiger partial charge in [0.2, 0.25) is 0 Å². The third kappa shape index (κ3) is 4.42. The standard InChI is InChI=1S/C13H26N2O/c1-4-15(3)13(16)14-9-8-12-7-5-6-11(2)10-12/h11-12H,4-10H2,1-3H3,(H,14,16). The molecule has 2 unspecified atom stereocenters. The molecule has 1 rings (SSSR count). The highest BCUT2D eigenvalue weighted by Gasteiger charge is 2.18. The Morgan fingerprint density at radius 2 is 2.19 bits per heavy atom. The molecule has 0 aromatic heterocycles. The van der Waals surface area contributed by atoms with Crippen molar-refractivity contribution < 1.29 is 4.79 Å². The van der Waals surface area contributed by atoms with E-state index in [0.717, 1.165) is 31.3 Å². The number of amides is 2. The lowest BCUT2D eigenvalue weighted by Crippen LogP contribution is -2.38. The number of hydrogen-bond donors (Lipinski definition) is 1. The van der Waals surface area contributed by atoms with Crippen molar-refractivity contribution in [3.8, 4) is 0 Å². The van der Waals surface area contributed by atoms with Gasteiger partial charge in [-0.3, -0.25) is 0 Å². The highest BCUT2D eigenvalue weighted by Crippen LogP contribution is 2.30. The van der Waals surface area contributed by atoms with Crippen LogP contribution in [0, 0.1) is 11.8 Å². The lowest BCUT2D eigenvalue weighted by Gasteiger charge is -2.27. The van der Waals surface area contributed by atoms with Gasteiger partial charge in [-0.15, -0.1) is 0 Å². The van der Waals surface area contributed by atoms with E-state index >= 15 is 0 Å². The van der Waals surface area contributed by atoms with Crippen LogP contribution >= 0.6 is 0 Å². The highest BCUT2D eigenvalue weighted by atomic mass is 16.2. The first-order valence-corrected chi connectivity index (χ1v) is 6.62. The van der Waals surface area contributed by atoms with Crippen molar-refractivity contribution in [2.24, 2.45) is 11.8 Å². The lowest BCUT2D eigenvalue weighted by molar-refractivity contribution is 0.208. The average Bonchev–Trinajstić information content (AvgIpc) is 2.28. The van der Waals surface area contributed by atoms with E-state index < -0.39 is 0 Å². The van der Waals surface area contributed by atoms with Gasteiger partial charge in [0.15, 0.2) is 0 Å². The fourth-order valence-corrected chi connectivity index (χ4v) is 2.48. The summed E-state index contributed by atoms with van der Waals surface area (Å²) in [5, 5.41) is 2.98. The second-order valence-corrected chi connectivity index (χ2v) is 5.17. The van der Waals surface area contributed by atoms with E-state index in [4.69, 9.17) is 0 Å². The zero-order valence-corrected chi connectivity index (χ0v) is 11.0. The van der Waals surface area contributed by atoms with Crippen LogP contribution in [0.3, 0.4) is 0 Å². The summed E-state index contributed by atoms with van der Waals surface area (Å²) in [5.41, 5.74) is 0. The molecule has 3 heteroatoms. The molecular weight excluding hydrogens is 200 g/mol. The van der Waals surface area contributed by atoms with Gasteiger partial charge in [-0.2, -0.15) is 0 Å². The monoisotopic (exact) mass is 226 g/mol. The minimum atomic E-state index is 0.0614. The van der Waals surface area contributed by atoms with Crippen LogP contribution < -0.4 is 5.32 Å². The Kier molecular flexibility index (Phi) is 5.64. The second kappa shape index (κ2) is 6.77. The molecular formula is C13H26N2O. The predicted molar refractivity (Wildman–Crippen MR) is 67.4 cm³/mol. The molecule has 0 aromatic rings. The van der Waals surface area contributed by atoms with E-state index in [2.05, 4.69) is 12.2 Å². The molecule has 94 valence electrons. The Hall–Kier alpha value is -0.730. The van der Waals surface area contributed by atoms with Gasteiger partial charge in [0.25, 0.3) is 0 Å². The van der Waals surface area contributed by atoms with Gasteiger partial charge >= 0.3 is 6.03 Å². The summed E-state index contributed by atoms with van der Waals surface area (Å²) in [6, 6.07) is 0.0614. The maximum atomic E-state index is 11.5. The fraction of sp³-hybridized carbons (Fsp3) is 0.923. The maximum Gasteiger partial charge on any atom is 0.317 e. The van der Waals surface area contributed by atoms with Crippen molar-refractivity contribution in [3.63, 3.8) is 0 Å². The van der Waals surface area contributed by atoms with Crippen LogP contribution in [0.5, 0.6) is 0 Å². The number of hydrogen-bond acceptors (Lipinski definition) is 1. The number of carbonyl (C=O) groups is 1. The highest BCUT2D eigenvalue weighted by molar-refractivity contribution is 5.73. The molecule has 0 spiro atoms. The Balaban J connectivity index is 2.12. The van der Waals surface area contributed by atoms with Crippen LogP contribution in [0.15, 0.2) is 0 Å². The van der Waals surface area contributed by atoms with E-state index in [1.54, 1.807) is 4.90 Å². The van der Waals surface area contributed by atoms with Crippen molar-refractivity contribution in [1.82, 2.24) is 10.2 Å². The first-order valence-electron chi connectivity index (χ1n) is 6.62. The predicted octanol–water partition coefficient (Wildman–Crippen LogP) is 2.86. The number of urea groups is 1. The van der Waals surface area contributed by atoms with Crippen molar-refractivity contribution in [2.75, 3.05) is 20.1 Å². The summed E-state index contributed by atoms with van der Waals surface area (Å²) in [7, 11) is 1.83. The molecule has 1 aliphatic rings. The molecule has 0 aromatic carbocycles. The number of carbonyl (C=O) groups excluding carboxylic acids is 1. The zero-order chi connectivity index (χ0) is 12.0. The van der Waals surface area contributed by atoms with Gasteiger partial charge in [0.05, 0.1) is 0 Å². The van der Waals surface area contributed by atoms with Crippen LogP contribution in [0.4, 0.5) is 4.79 Å². The summed E-state index contributed by atoms with van der Waals surface area (Å²) in [4.78, 5) is 13.2. The normalized spacial score (nSPS) is 25.2. The van der Waals surface area contributed by atoms with E-state index in [-0.39, 0.29) is 6.03 Å². The number of rotatable bonds is 4. The van der Waals surface area contributed by atoms with E-state index in [1.165, 1.54) is 25.7 Å². The van der Waals surface area contributed by atoms with Crippen molar-refractivity contribution in [1.29, 1.82) is 0 Å². The van der Waals surface area contributed by atoms with Gasteiger partial charge < -0.3 is 10.2 Å². The maximum absolute atomic E-state index is 11.5. The Labute approximate surface area is 99.6 Å². The van der Waals surface area contributed by atoms with Gasteiger partial charge in [0, 0.05) is 20.1 Å². The summed E-state index contributed by atoms with van der Waals surface area (Å²) < 4.78 is 0. The summed E-state index contributed by atoms with van der Waals surface area (Å²) in [5.74, 6) is 1.71. The summed E-state index contributed by atoms with van der Waals surface area (Å²) in [6.07, 6.45) is 6.60. The molecule has 0 aliphatic heterocycles. The van der Waals surface area contributed by atoms with E-state index in [9.17, 15) is 4.79 Å². The fourth-order valence-electron chi connectivity index (χ4n) is 2.48. The van der Waals surface area contributed by atoms with Crippen LogP contribution in [0.2, 0.25) is 0 Å². The zero-order valence-electron chi connectivity index (χ0n) is 11.0. The number of nitrogens with zero attached hydrogens (tertiary/aromatic N) is 1. The quantitative estimate of drug-likeness (QED) is 0.785. The van der Waals surface area contributed by atoms with E-state index in [0.29, 0.717) is 0 Å². The van der Waals surface area contributed by atoms with Crippen molar-refractivity contribution in [3.05, 3.63) is 0 Å². The van der Waals surface area contributed by atoms with Crippen molar-refractivity contribution in [2.45, 2.75) is 46.0 Å². The van der Waals surface area contributed by atoms with Crippen LogP contribution in [0.25, 0.3) is 0 Å². The molecule has 1 fully saturated rings. The third-order valence-electron chi connectivity index (χ3n) is 3.69. The summed E-state index contributed by atoms with van der Waals surface area (Å²) in [6.45, 7) is 5.94. The van der Waals surface area contributed by atoms with Crippen LogP contribution in [-0.4, -0.2) is 31.1 Å².